The van der Waals surface area contributed by atoms with Crippen LogP contribution < -0.4 is 5.32 Å². The first-order valence-electron chi connectivity index (χ1n) is 6.12. The fraction of sp³-hybridized carbons (Fsp3) is 0.357. The lowest BCUT2D eigenvalue weighted by atomic mass is 10.1. The van der Waals surface area contributed by atoms with E-state index in [0.29, 0.717) is 6.04 Å². The van der Waals surface area contributed by atoms with E-state index in [1.165, 1.54) is 5.56 Å². The van der Waals surface area contributed by atoms with Gasteiger partial charge in [0.2, 0.25) is 0 Å². The van der Waals surface area contributed by atoms with E-state index in [9.17, 15) is 0 Å². The van der Waals surface area contributed by atoms with Crippen LogP contribution in [0.1, 0.15) is 38.4 Å². The van der Waals surface area contributed by atoms with Gasteiger partial charge in [0, 0.05) is 22.8 Å². The summed E-state index contributed by atoms with van der Waals surface area (Å²) in [6, 6.07) is 9.02. The number of hydrogen-bond donors (Lipinski definition) is 1. The highest BCUT2D eigenvalue weighted by Gasteiger charge is 2.07. The molecule has 0 aliphatic carbocycles. The van der Waals surface area contributed by atoms with Gasteiger partial charge in [0.25, 0.3) is 0 Å². The Hall–Kier alpha value is -1.29. The molecule has 0 saturated carbocycles. The summed E-state index contributed by atoms with van der Waals surface area (Å²) in [4.78, 5) is 0. The Labute approximate surface area is 116 Å². The summed E-state index contributed by atoms with van der Waals surface area (Å²) in [7, 11) is 0. The SMILES string of the molecule is CC(Nc1cnn(C(C)C)c1)c1ccc(Br)cc1. The van der Waals surface area contributed by atoms with Crippen molar-refractivity contribution in [3.63, 3.8) is 0 Å². The fourth-order valence-electron chi connectivity index (χ4n) is 1.78. The minimum absolute atomic E-state index is 0.267. The van der Waals surface area contributed by atoms with Gasteiger partial charge in [0.05, 0.1) is 11.9 Å². The van der Waals surface area contributed by atoms with Gasteiger partial charge in [-0.2, -0.15) is 5.10 Å². The molecule has 0 radical (unpaired) electrons. The molecule has 1 heterocycles. The highest BCUT2D eigenvalue weighted by Crippen LogP contribution is 2.21. The maximum absolute atomic E-state index is 4.32. The zero-order valence-corrected chi connectivity index (χ0v) is 12.5. The second-order valence-electron chi connectivity index (χ2n) is 4.72. The van der Waals surface area contributed by atoms with Gasteiger partial charge in [-0.25, -0.2) is 0 Å². The number of hydrogen-bond acceptors (Lipinski definition) is 2. The maximum atomic E-state index is 4.32. The smallest absolute Gasteiger partial charge is 0.0731 e. The zero-order valence-electron chi connectivity index (χ0n) is 10.9. The van der Waals surface area contributed by atoms with E-state index < -0.39 is 0 Å². The minimum atomic E-state index is 0.267. The standard InChI is InChI=1S/C14H18BrN3/c1-10(2)18-9-14(8-16-18)17-11(3)12-4-6-13(15)7-5-12/h4-11,17H,1-3H3. The first-order valence-corrected chi connectivity index (χ1v) is 6.91. The molecular weight excluding hydrogens is 290 g/mol. The van der Waals surface area contributed by atoms with Crippen LogP contribution in [0.5, 0.6) is 0 Å². The van der Waals surface area contributed by atoms with Crippen LogP contribution in [0.4, 0.5) is 5.69 Å². The summed E-state index contributed by atoms with van der Waals surface area (Å²) in [6.45, 7) is 6.39. The van der Waals surface area contributed by atoms with Gasteiger partial charge < -0.3 is 5.32 Å². The molecule has 0 aliphatic heterocycles. The molecule has 0 amide bonds. The number of halogens is 1. The molecule has 1 N–H and O–H groups in total. The third-order valence-corrected chi connectivity index (χ3v) is 3.41. The number of nitrogens with zero attached hydrogens (tertiary/aromatic N) is 2. The van der Waals surface area contributed by atoms with Crippen LogP contribution in [0.2, 0.25) is 0 Å². The van der Waals surface area contributed by atoms with E-state index in [1.54, 1.807) is 0 Å². The topological polar surface area (TPSA) is 29.9 Å². The second-order valence-corrected chi connectivity index (χ2v) is 5.64. The summed E-state index contributed by atoms with van der Waals surface area (Å²) >= 11 is 3.45. The van der Waals surface area contributed by atoms with Gasteiger partial charge in [-0.15, -0.1) is 0 Å². The summed E-state index contributed by atoms with van der Waals surface area (Å²) < 4.78 is 3.06. The van der Waals surface area contributed by atoms with Crippen LogP contribution in [0.3, 0.4) is 0 Å². The van der Waals surface area contributed by atoms with E-state index in [-0.39, 0.29) is 6.04 Å². The molecule has 1 unspecified atom stereocenters. The van der Waals surface area contributed by atoms with Crippen LogP contribution in [-0.2, 0) is 0 Å². The third-order valence-electron chi connectivity index (χ3n) is 2.88. The molecule has 96 valence electrons. The Kier molecular flexibility index (Phi) is 4.07. The number of rotatable bonds is 4. The number of aromatic nitrogens is 2. The first-order chi connectivity index (χ1) is 8.56. The molecule has 1 aromatic heterocycles. The number of anilines is 1. The molecule has 18 heavy (non-hydrogen) atoms. The average Bonchev–Trinajstić information content (AvgIpc) is 2.78. The summed E-state index contributed by atoms with van der Waals surface area (Å²) in [5.74, 6) is 0. The van der Waals surface area contributed by atoms with Gasteiger partial charge >= 0.3 is 0 Å². The van der Waals surface area contributed by atoms with E-state index in [1.807, 2.05) is 17.1 Å². The summed E-state index contributed by atoms with van der Waals surface area (Å²) in [5, 5.41) is 7.78. The molecule has 2 rings (SSSR count). The van der Waals surface area contributed by atoms with E-state index in [4.69, 9.17) is 0 Å². The Balaban J connectivity index is 2.06. The lowest BCUT2D eigenvalue weighted by Gasteiger charge is -2.14. The van der Waals surface area contributed by atoms with Gasteiger partial charge in [0.15, 0.2) is 0 Å². The number of benzene rings is 1. The predicted octanol–water partition coefficient (Wildman–Crippen LogP) is 4.40. The largest absolute Gasteiger partial charge is 0.376 e. The molecule has 1 aromatic carbocycles. The predicted molar refractivity (Wildman–Crippen MR) is 78.8 cm³/mol. The van der Waals surface area contributed by atoms with Crippen molar-refractivity contribution in [1.29, 1.82) is 0 Å². The Morgan fingerprint density at radius 1 is 1.17 bits per heavy atom. The Morgan fingerprint density at radius 3 is 2.39 bits per heavy atom. The van der Waals surface area contributed by atoms with Gasteiger partial charge in [0.1, 0.15) is 0 Å². The highest BCUT2D eigenvalue weighted by atomic mass is 79.9. The van der Waals surface area contributed by atoms with Crippen molar-refractivity contribution in [3.05, 3.63) is 46.7 Å². The first kappa shape index (κ1) is 13.1. The number of nitrogens with one attached hydrogen (secondary N) is 1. The monoisotopic (exact) mass is 307 g/mol. The third kappa shape index (κ3) is 3.13. The lowest BCUT2D eigenvalue weighted by Crippen LogP contribution is -2.06. The van der Waals surface area contributed by atoms with Gasteiger partial charge in [-0.05, 0) is 38.5 Å². The van der Waals surface area contributed by atoms with Crippen molar-refractivity contribution >= 4 is 21.6 Å². The van der Waals surface area contributed by atoms with Crippen LogP contribution in [-0.4, -0.2) is 9.78 Å². The van der Waals surface area contributed by atoms with E-state index in [0.717, 1.165) is 10.2 Å². The molecule has 4 heteroatoms. The summed E-state index contributed by atoms with van der Waals surface area (Å²) in [5.41, 5.74) is 2.31. The molecule has 0 bridgehead atoms. The van der Waals surface area contributed by atoms with Gasteiger partial charge in [-0.1, -0.05) is 28.1 Å². The van der Waals surface area contributed by atoms with Crippen molar-refractivity contribution in [2.75, 3.05) is 5.32 Å². The highest BCUT2D eigenvalue weighted by molar-refractivity contribution is 9.10. The van der Waals surface area contributed by atoms with Crippen molar-refractivity contribution in [2.45, 2.75) is 32.9 Å². The van der Waals surface area contributed by atoms with Crippen LogP contribution in [0, 0.1) is 0 Å². The molecule has 3 nitrogen and oxygen atoms in total. The Bertz CT molecular complexity index is 502. The normalized spacial score (nSPS) is 12.7. The molecule has 0 fully saturated rings. The van der Waals surface area contributed by atoms with Crippen molar-refractivity contribution in [2.24, 2.45) is 0 Å². The zero-order chi connectivity index (χ0) is 13.1. The van der Waals surface area contributed by atoms with Crippen LogP contribution in [0.25, 0.3) is 0 Å². The van der Waals surface area contributed by atoms with E-state index >= 15 is 0 Å². The van der Waals surface area contributed by atoms with Crippen LogP contribution >= 0.6 is 15.9 Å². The quantitative estimate of drug-likeness (QED) is 0.907. The van der Waals surface area contributed by atoms with Crippen LogP contribution in [0.15, 0.2) is 41.1 Å². The minimum Gasteiger partial charge on any atom is -0.376 e. The second kappa shape index (κ2) is 5.57. The molecule has 0 spiro atoms. The Morgan fingerprint density at radius 2 is 1.83 bits per heavy atom. The molecule has 2 aromatic rings. The van der Waals surface area contributed by atoms with E-state index in [2.05, 4.69) is 71.4 Å². The summed E-state index contributed by atoms with van der Waals surface area (Å²) in [6.07, 6.45) is 3.91. The molecule has 0 aliphatic rings. The average molecular weight is 308 g/mol. The molecule has 0 saturated heterocycles. The van der Waals surface area contributed by atoms with Crippen molar-refractivity contribution < 1.29 is 0 Å². The van der Waals surface area contributed by atoms with Gasteiger partial charge in [-0.3, -0.25) is 4.68 Å². The fourth-order valence-corrected chi connectivity index (χ4v) is 2.04. The van der Waals surface area contributed by atoms with Crippen molar-refractivity contribution in [3.8, 4) is 0 Å². The van der Waals surface area contributed by atoms with Crippen molar-refractivity contribution in [1.82, 2.24) is 9.78 Å². The lowest BCUT2D eigenvalue weighted by molar-refractivity contribution is 0.532. The maximum Gasteiger partial charge on any atom is 0.0731 e. The molecular formula is C14H18BrN3. The molecule has 1 atom stereocenters.